The molecule has 0 radical (unpaired) electrons. The third-order valence-corrected chi connectivity index (χ3v) is 3.22. The number of methoxy groups -OCH3 is 1. The molecule has 2 rings (SSSR count). The fourth-order valence-corrected chi connectivity index (χ4v) is 2.46. The fraction of sp³-hybridized carbons (Fsp3) is 0.538. The summed E-state index contributed by atoms with van der Waals surface area (Å²) >= 11 is 0. The highest BCUT2D eigenvalue weighted by Gasteiger charge is 2.25. The van der Waals surface area contributed by atoms with Crippen LogP contribution in [0.1, 0.15) is 13.8 Å². The van der Waals surface area contributed by atoms with Crippen molar-refractivity contribution in [2.45, 2.75) is 25.9 Å². The van der Waals surface area contributed by atoms with Gasteiger partial charge in [0.25, 0.3) is 0 Å². The zero-order valence-corrected chi connectivity index (χ0v) is 10.5. The van der Waals surface area contributed by atoms with Gasteiger partial charge in [-0.2, -0.15) is 0 Å². The maximum Gasteiger partial charge on any atom is 0.128 e. The van der Waals surface area contributed by atoms with Crippen molar-refractivity contribution in [2.75, 3.05) is 25.1 Å². The number of nitrogens with one attached hydrogen (secondary N) is 1. The maximum absolute atomic E-state index is 13.5. The van der Waals surface area contributed by atoms with Crippen LogP contribution in [0.2, 0.25) is 0 Å². The minimum atomic E-state index is -0.253. The molecule has 1 N–H and O–H groups in total. The van der Waals surface area contributed by atoms with E-state index in [1.165, 1.54) is 6.07 Å². The number of ether oxygens (including phenoxy) is 1. The normalized spacial score (nSPS) is 24.8. The Hall–Kier alpha value is -1.29. The molecule has 1 fully saturated rings. The van der Waals surface area contributed by atoms with Crippen molar-refractivity contribution in [1.82, 2.24) is 5.32 Å². The van der Waals surface area contributed by atoms with Crippen LogP contribution in [0.15, 0.2) is 18.2 Å². The van der Waals surface area contributed by atoms with Gasteiger partial charge in [0.05, 0.1) is 7.11 Å². The standard InChI is InChI=1S/C13H19FN2O/c1-9-7-15-8-10(2)16(9)12-4-11(14)5-13(6-12)17-3/h4-6,9-10,15H,7-8H2,1-3H3/t9-,10-/m1/s1. The zero-order valence-electron chi connectivity index (χ0n) is 10.5. The molecule has 0 saturated carbocycles. The summed E-state index contributed by atoms with van der Waals surface area (Å²) < 4.78 is 18.6. The fourth-order valence-electron chi connectivity index (χ4n) is 2.46. The van der Waals surface area contributed by atoms with E-state index in [2.05, 4.69) is 24.1 Å². The second-order valence-corrected chi connectivity index (χ2v) is 4.61. The third kappa shape index (κ3) is 2.52. The zero-order chi connectivity index (χ0) is 12.4. The summed E-state index contributed by atoms with van der Waals surface area (Å²) in [5, 5.41) is 3.36. The monoisotopic (exact) mass is 238 g/mol. The van der Waals surface area contributed by atoms with Gasteiger partial charge in [-0.05, 0) is 19.9 Å². The Morgan fingerprint density at radius 2 is 1.88 bits per heavy atom. The van der Waals surface area contributed by atoms with Crippen LogP contribution in [-0.4, -0.2) is 32.3 Å². The SMILES string of the molecule is COc1cc(F)cc(N2[C@H](C)CNC[C@H]2C)c1. The van der Waals surface area contributed by atoms with E-state index < -0.39 is 0 Å². The number of anilines is 1. The van der Waals surface area contributed by atoms with Gasteiger partial charge < -0.3 is 15.0 Å². The smallest absolute Gasteiger partial charge is 0.128 e. The summed E-state index contributed by atoms with van der Waals surface area (Å²) in [4.78, 5) is 2.24. The molecule has 3 nitrogen and oxygen atoms in total. The van der Waals surface area contributed by atoms with E-state index in [-0.39, 0.29) is 5.82 Å². The molecule has 0 amide bonds. The van der Waals surface area contributed by atoms with E-state index >= 15 is 0 Å². The molecule has 1 heterocycles. The minimum absolute atomic E-state index is 0.253. The molecule has 1 aliphatic rings. The predicted molar refractivity (Wildman–Crippen MR) is 67.2 cm³/mol. The molecule has 4 heteroatoms. The predicted octanol–water partition coefficient (Wildman–Crippen LogP) is 2.02. The van der Waals surface area contributed by atoms with Gasteiger partial charge in [0.2, 0.25) is 0 Å². The van der Waals surface area contributed by atoms with Crippen molar-refractivity contribution in [3.8, 4) is 5.75 Å². The first-order chi connectivity index (χ1) is 8.11. The summed E-state index contributed by atoms with van der Waals surface area (Å²) in [6.45, 7) is 6.12. The first kappa shape index (κ1) is 12.2. The van der Waals surface area contributed by atoms with E-state index in [1.54, 1.807) is 13.2 Å². The van der Waals surface area contributed by atoms with Gasteiger partial charge in [-0.15, -0.1) is 0 Å². The first-order valence-corrected chi connectivity index (χ1v) is 5.95. The molecule has 94 valence electrons. The largest absolute Gasteiger partial charge is 0.497 e. The first-order valence-electron chi connectivity index (χ1n) is 5.95. The number of piperazine rings is 1. The quantitative estimate of drug-likeness (QED) is 0.853. The van der Waals surface area contributed by atoms with Crippen LogP contribution >= 0.6 is 0 Å². The number of nitrogens with zero attached hydrogens (tertiary/aromatic N) is 1. The Morgan fingerprint density at radius 1 is 1.24 bits per heavy atom. The highest BCUT2D eigenvalue weighted by atomic mass is 19.1. The molecule has 1 aromatic carbocycles. The Bertz CT molecular complexity index is 387. The van der Waals surface area contributed by atoms with Crippen LogP contribution in [0.4, 0.5) is 10.1 Å². The van der Waals surface area contributed by atoms with Crippen LogP contribution in [-0.2, 0) is 0 Å². The van der Waals surface area contributed by atoms with E-state index in [1.807, 2.05) is 6.07 Å². The summed E-state index contributed by atoms with van der Waals surface area (Å²) in [6.07, 6.45) is 0. The van der Waals surface area contributed by atoms with E-state index in [9.17, 15) is 4.39 Å². The lowest BCUT2D eigenvalue weighted by molar-refractivity contribution is 0.407. The van der Waals surface area contributed by atoms with E-state index in [0.717, 1.165) is 18.8 Å². The van der Waals surface area contributed by atoms with Crippen molar-refractivity contribution in [1.29, 1.82) is 0 Å². The van der Waals surface area contributed by atoms with Gasteiger partial charge in [-0.1, -0.05) is 0 Å². The van der Waals surface area contributed by atoms with Gasteiger partial charge in [0.1, 0.15) is 11.6 Å². The molecular formula is C13H19FN2O. The van der Waals surface area contributed by atoms with Crippen molar-refractivity contribution in [3.63, 3.8) is 0 Å². The van der Waals surface area contributed by atoms with E-state index in [0.29, 0.717) is 17.8 Å². The number of rotatable bonds is 2. The van der Waals surface area contributed by atoms with Crippen LogP contribution in [0.3, 0.4) is 0 Å². The molecule has 0 aromatic heterocycles. The Labute approximate surface area is 102 Å². The second kappa shape index (κ2) is 4.92. The Balaban J connectivity index is 2.34. The lowest BCUT2D eigenvalue weighted by Crippen LogP contribution is -2.55. The molecule has 1 aliphatic heterocycles. The minimum Gasteiger partial charge on any atom is -0.497 e. The Morgan fingerprint density at radius 3 is 2.47 bits per heavy atom. The lowest BCUT2D eigenvalue weighted by atomic mass is 10.1. The summed E-state index contributed by atoms with van der Waals surface area (Å²) in [5.41, 5.74) is 0.892. The van der Waals surface area contributed by atoms with Crippen LogP contribution < -0.4 is 15.0 Å². The highest BCUT2D eigenvalue weighted by molar-refractivity contribution is 5.53. The highest BCUT2D eigenvalue weighted by Crippen LogP contribution is 2.27. The van der Waals surface area contributed by atoms with Gasteiger partial charge in [0.15, 0.2) is 0 Å². The molecule has 0 bridgehead atoms. The van der Waals surface area contributed by atoms with E-state index in [4.69, 9.17) is 4.74 Å². The van der Waals surface area contributed by atoms with Crippen LogP contribution in [0.5, 0.6) is 5.75 Å². The molecule has 1 aromatic rings. The summed E-state index contributed by atoms with van der Waals surface area (Å²) in [5.74, 6) is 0.315. The van der Waals surface area contributed by atoms with Crippen LogP contribution in [0, 0.1) is 5.82 Å². The average Bonchev–Trinajstić information content (AvgIpc) is 2.28. The molecule has 0 spiro atoms. The van der Waals surface area contributed by atoms with Gasteiger partial charge in [0, 0.05) is 43.0 Å². The van der Waals surface area contributed by atoms with Crippen molar-refractivity contribution >= 4 is 5.69 Å². The van der Waals surface area contributed by atoms with Gasteiger partial charge in [-0.3, -0.25) is 0 Å². The molecule has 17 heavy (non-hydrogen) atoms. The number of hydrogen-bond donors (Lipinski definition) is 1. The summed E-state index contributed by atoms with van der Waals surface area (Å²) in [6, 6.07) is 5.57. The third-order valence-electron chi connectivity index (χ3n) is 3.22. The number of benzene rings is 1. The lowest BCUT2D eigenvalue weighted by Gasteiger charge is -2.41. The van der Waals surface area contributed by atoms with Crippen molar-refractivity contribution in [2.24, 2.45) is 0 Å². The molecular weight excluding hydrogens is 219 g/mol. The molecule has 2 atom stereocenters. The van der Waals surface area contributed by atoms with Gasteiger partial charge >= 0.3 is 0 Å². The molecule has 1 saturated heterocycles. The molecule has 0 unspecified atom stereocenters. The number of halogens is 1. The maximum atomic E-state index is 13.5. The van der Waals surface area contributed by atoms with Gasteiger partial charge in [-0.25, -0.2) is 4.39 Å². The topological polar surface area (TPSA) is 24.5 Å². The Kier molecular flexibility index (Phi) is 3.52. The van der Waals surface area contributed by atoms with Crippen molar-refractivity contribution < 1.29 is 9.13 Å². The number of hydrogen-bond acceptors (Lipinski definition) is 3. The second-order valence-electron chi connectivity index (χ2n) is 4.61. The average molecular weight is 238 g/mol. The summed E-state index contributed by atoms with van der Waals surface area (Å²) in [7, 11) is 1.56. The van der Waals surface area contributed by atoms with Crippen LogP contribution in [0.25, 0.3) is 0 Å². The van der Waals surface area contributed by atoms with Crippen molar-refractivity contribution in [3.05, 3.63) is 24.0 Å². The molecule has 0 aliphatic carbocycles.